The van der Waals surface area contributed by atoms with Crippen molar-refractivity contribution >= 4 is 11.9 Å². The summed E-state index contributed by atoms with van der Waals surface area (Å²) >= 11 is 0. The molecule has 1 aromatic carbocycles. The molecular formula is C13H16O4. The Hall–Kier alpha value is -1.84. The lowest BCUT2D eigenvalue weighted by Gasteiger charge is -2.16. The van der Waals surface area contributed by atoms with Crippen LogP contribution in [0.25, 0.3) is 0 Å². The average molecular weight is 236 g/mol. The Morgan fingerprint density at radius 3 is 2.41 bits per heavy atom. The molecule has 4 nitrogen and oxygen atoms in total. The lowest BCUT2D eigenvalue weighted by atomic mass is 10.1. The van der Waals surface area contributed by atoms with Crippen molar-refractivity contribution in [2.24, 2.45) is 0 Å². The Morgan fingerprint density at radius 1 is 1.24 bits per heavy atom. The van der Waals surface area contributed by atoms with Gasteiger partial charge in [-0.1, -0.05) is 37.3 Å². The number of aliphatic carboxylic acids is 1. The summed E-state index contributed by atoms with van der Waals surface area (Å²) in [4.78, 5) is 21.7. The lowest BCUT2D eigenvalue weighted by Crippen LogP contribution is -2.12. The largest absolute Gasteiger partial charge is 0.481 e. The first-order valence-corrected chi connectivity index (χ1v) is 5.59. The van der Waals surface area contributed by atoms with Gasteiger partial charge in [-0.2, -0.15) is 0 Å². The highest BCUT2D eigenvalue weighted by molar-refractivity contribution is 5.76. The number of esters is 1. The van der Waals surface area contributed by atoms with Gasteiger partial charge in [-0.05, 0) is 12.0 Å². The Morgan fingerprint density at radius 2 is 1.88 bits per heavy atom. The second-order valence-corrected chi connectivity index (χ2v) is 3.69. The maximum atomic E-state index is 11.4. The number of carboxylic acids is 1. The molecule has 0 fully saturated rings. The van der Waals surface area contributed by atoms with E-state index in [9.17, 15) is 9.59 Å². The SMILES string of the molecule is CC[C@H](OC(=O)CCC(=O)O)c1ccccc1. The van der Waals surface area contributed by atoms with E-state index < -0.39 is 11.9 Å². The van der Waals surface area contributed by atoms with E-state index in [0.717, 1.165) is 5.56 Å². The smallest absolute Gasteiger partial charge is 0.306 e. The number of carbonyl (C=O) groups excluding carboxylic acids is 1. The minimum absolute atomic E-state index is 0.0847. The van der Waals surface area contributed by atoms with Gasteiger partial charge in [-0.25, -0.2) is 0 Å². The number of hydrogen-bond donors (Lipinski definition) is 1. The predicted molar refractivity (Wildman–Crippen MR) is 62.4 cm³/mol. The highest BCUT2D eigenvalue weighted by Gasteiger charge is 2.15. The topological polar surface area (TPSA) is 63.6 Å². The van der Waals surface area contributed by atoms with Gasteiger partial charge in [0.25, 0.3) is 0 Å². The summed E-state index contributed by atoms with van der Waals surface area (Å²) in [5.74, 6) is -1.46. The van der Waals surface area contributed by atoms with Crippen molar-refractivity contribution in [3.8, 4) is 0 Å². The molecule has 0 saturated heterocycles. The third kappa shape index (κ3) is 4.68. The molecular weight excluding hydrogens is 220 g/mol. The second kappa shape index (κ2) is 6.68. The number of carbonyl (C=O) groups is 2. The number of carboxylic acid groups (broad SMARTS) is 1. The fourth-order valence-corrected chi connectivity index (χ4v) is 1.48. The number of benzene rings is 1. The van der Waals surface area contributed by atoms with Crippen LogP contribution in [0.15, 0.2) is 30.3 Å². The van der Waals surface area contributed by atoms with Crippen LogP contribution >= 0.6 is 0 Å². The van der Waals surface area contributed by atoms with Crippen LogP contribution in [-0.4, -0.2) is 17.0 Å². The molecule has 1 N–H and O–H groups in total. The second-order valence-electron chi connectivity index (χ2n) is 3.69. The van der Waals surface area contributed by atoms with E-state index in [1.807, 2.05) is 37.3 Å². The zero-order valence-corrected chi connectivity index (χ0v) is 9.76. The van der Waals surface area contributed by atoms with Gasteiger partial charge in [0, 0.05) is 0 Å². The van der Waals surface area contributed by atoms with Gasteiger partial charge in [-0.3, -0.25) is 9.59 Å². The number of rotatable bonds is 6. The van der Waals surface area contributed by atoms with Gasteiger partial charge in [0.1, 0.15) is 6.10 Å². The molecule has 92 valence electrons. The molecule has 0 bridgehead atoms. The van der Waals surface area contributed by atoms with Crippen molar-refractivity contribution < 1.29 is 19.4 Å². The van der Waals surface area contributed by atoms with Crippen LogP contribution in [0.5, 0.6) is 0 Å². The Kier molecular flexibility index (Phi) is 5.20. The van der Waals surface area contributed by atoms with Crippen molar-refractivity contribution in [2.45, 2.75) is 32.3 Å². The Labute approximate surface area is 100 Å². The quantitative estimate of drug-likeness (QED) is 0.771. The predicted octanol–water partition coefficient (Wildman–Crippen LogP) is 2.55. The van der Waals surface area contributed by atoms with Gasteiger partial charge < -0.3 is 9.84 Å². The lowest BCUT2D eigenvalue weighted by molar-refractivity contribution is -0.152. The van der Waals surface area contributed by atoms with Crippen LogP contribution in [0.2, 0.25) is 0 Å². The molecule has 0 aromatic heterocycles. The molecule has 0 spiro atoms. The Balaban J connectivity index is 2.53. The molecule has 0 heterocycles. The van der Waals surface area contributed by atoms with Gasteiger partial charge >= 0.3 is 11.9 Å². The van der Waals surface area contributed by atoms with Gasteiger partial charge in [0.15, 0.2) is 0 Å². The minimum atomic E-state index is -0.991. The summed E-state index contributed by atoms with van der Waals surface area (Å²) in [7, 11) is 0. The number of hydrogen-bond acceptors (Lipinski definition) is 3. The molecule has 0 radical (unpaired) electrons. The first kappa shape index (κ1) is 13.2. The molecule has 0 saturated carbocycles. The van der Waals surface area contributed by atoms with Crippen LogP contribution in [0, 0.1) is 0 Å². The zero-order valence-electron chi connectivity index (χ0n) is 9.76. The van der Waals surface area contributed by atoms with E-state index >= 15 is 0 Å². The normalized spacial score (nSPS) is 11.8. The molecule has 0 amide bonds. The molecule has 0 aliphatic carbocycles. The molecule has 4 heteroatoms. The van der Waals surface area contributed by atoms with E-state index in [-0.39, 0.29) is 18.9 Å². The van der Waals surface area contributed by atoms with Crippen LogP contribution in [0.4, 0.5) is 0 Å². The summed E-state index contributed by atoms with van der Waals surface area (Å²) in [5.41, 5.74) is 0.929. The fourth-order valence-electron chi connectivity index (χ4n) is 1.48. The maximum absolute atomic E-state index is 11.4. The molecule has 1 atom stereocenters. The molecule has 0 aliphatic heterocycles. The maximum Gasteiger partial charge on any atom is 0.306 e. The van der Waals surface area contributed by atoms with Crippen LogP contribution in [0.3, 0.4) is 0 Å². The van der Waals surface area contributed by atoms with Crippen molar-refractivity contribution in [3.05, 3.63) is 35.9 Å². The van der Waals surface area contributed by atoms with Gasteiger partial charge in [0.05, 0.1) is 12.8 Å². The third-order valence-electron chi connectivity index (χ3n) is 2.36. The fraction of sp³-hybridized carbons (Fsp3) is 0.385. The van der Waals surface area contributed by atoms with Crippen molar-refractivity contribution in [2.75, 3.05) is 0 Å². The monoisotopic (exact) mass is 236 g/mol. The van der Waals surface area contributed by atoms with Gasteiger partial charge in [-0.15, -0.1) is 0 Å². The van der Waals surface area contributed by atoms with Crippen molar-refractivity contribution in [3.63, 3.8) is 0 Å². The van der Waals surface area contributed by atoms with Crippen LogP contribution in [-0.2, 0) is 14.3 Å². The third-order valence-corrected chi connectivity index (χ3v) is 2.36. The minimum Gasteiger partial charge on any atom is -0.481 e. The summed E-state index contributed by atoms with van der Waals surface area (Å²) in [5, 5.41) is 8.46. The summed E-state index contributed by atoms with van der Waals surface area (Å²) in [6.45, 7) is 1.92. The summed E-state index contributed by atoms with van der Waals surface area (Å²) < 4.78 is 5.23. The molecule has 0 aliphatic rings. The van der Waals surface area contributed by atoms with Gasteiger partial charge in [0.2, 0.25) is 0 Å². The number of ether oxygens (including phenoxy) is 1. The van der Waals surface area contributed by atoms with E-state index in [1.54, 1.807) is 0 Å². The van der Waals surface area contributed by atoms with E-state index in [4.69, 9.17) is 9.84 Å². The summed E-state index contributed by atoms with van der Waals surface area (Å²) in [6, 6.07) is 9.42. The van der Waals surface area contributed by atoms with Crippen LogP contribution < -0.4 is 0 Å². The van der Waals surface area contributed by atoms with E-state index in [0.29, 0.717) is 6.42 Å². The molecule has 17 heavy (non-hydrogen) atoms. The zero-order chi connectivity index (χ0) is 12.7. The van der Waals surface area contributed by atoms with E-state index in [1.165, 1.54) is 0 Å². The van der Waals surface area contributed by atoms with E-state index in [2.05, 4.69) is 0 Å². The van der Waals surface area contributed by atoms with Crippen molar-refractivity contribution in [1.29, 1.82) is 0 Å². The summed E-state index contributed by atoms with van der Waals surface area (Å²) in [6.07, 6.45) is 0.100. The van der Waals surface area contributed by atoms with Crippen LogP contribution in [0.1, 0.15) is 37.9 Å². The highest BCUT2D eigenvalue weighted by atomic mass is 16.5. The Bertz CT molecular complexity index is 372. The van der Waals surface area contributed by atoms with Crippen molar-refractivity contribution in [1.82, 2.24) is 0 Å². The first-order chi connectivity index (χ1) is 8.13. The average Bonchev–Trinajstić information content (AvgIpc) is 2.34. The highest BCUT2D eigenvalue weighted by Crippen LogP contribution is 2.21. The standard InChI is InChI=1S/C13H16O4/c1-2-11(10-6-4-3-5-7-10)17-13(16)9-8-12(14)15/h3-7,11H,2,8-9H2,1H3,(H,14,15)/t11-/m0/s1. The first-order valence-electron chi connectivity index (χ1n) is 5.59. The molecule has 1 rings (SSSR count). The molecule has 0 unspecified atom stereocenters. The molecule has 1 aromatic rings.